The smallest absolute Gasteiger partial charge is 0.316 e. The van der Waals surface area contributed by atoms with E-state index in [0.717, 1.165) is 24.3 Å². The summed E-state index contributed by atoms with van der Waals surface area (Å²) in [5, 5.41) is 8.52. The molecule has 0 saturated carbocycles. The Morgan fingerprint density at radius 1 is 1.42 bits per heavy atom. The van der Waals surface area contributed by atoms with Crippen molar-refractivity contribution in [2.24, 2.45) is 5.92 Å². The Balaban J connectivity index is 2.10. The third kappa shape index (κ3) is 4.98. The van der Waals surface area contributed by atoms with Gasteiger partial charge in [0.2, 0.25) is 0 Å². The molecule has 5 nitrogen and oxygen atoms in total. The molecule has 1 N–H and O–H groups in total. The predicted octanol–water partition coefficient (Wildman–Crippen LogP) is 3.14. The van der Waals surface area contributed by atoms with Crippen LogP contribution in [0.5, 0.6) is 0 Å². The number of aliphatic carboxylic acids is 1. The van der Waals surface area contributed by atoms with Gasteiger partial charge in [0, 0.05) is 24.6 Å². The van der Waals surface area contributed by atoms with Crippen molar-refractivity contribution >= 4 is 23.6 Å². The van der Waals surface area contributed by atoms with Gasteiger partial charge in [-0.2, -0.15) is 0 Å². The van der Waals surface area contributed by atoms with Crippen molar-refractivity contribution in [2.45, 2.75) is 36.8 Å². The molecule has 1 aromatic carbocycles. The van der Waals surface area contributed by atoms with Gasteiger partial charge in [0.1, 0.15) is 5.25 Å². The summed E-state index contributed by atoms with van der Waals surface area (Å²) in [4.78, 5) is 26.6. The molecule has 0 radical (unpaired) electrons. The molecular weight excluding hydrogens is 326 g/mol. The fraction of sp³-hybridized carbons (Fsp3) is 0.556. The topological polar surface area (TPSA) is 66.8 Å². The standard InChI is InChI=1S/C18H25NO4S/c1-3-23-12-14-7-6-10-19(11-14)17(20)15-8-4-5-9-16(15)24-13(2)18(21)22/h4-5,8-9,13-14H,3,6-7,10-12H2,1-2H3,(H,21,22). The highest BCUT2D eigenvalue weighted by Gasteiger charge is 2.26. The number of amides is 1. The number of rotatable bonds is 7. The first-order chi connectivity index (χ1) is 11.5. The van der Waals surface area contributed by atoms with Gasteiger partial charge in [-0.25, -0.2) is 0 Å². The molecule has 0 bridgehead atoms. The van der Waals surface area contributed by atoms with Gasteiger partial charge >= 0.3 is 5.97 Å². The van der Waals surface area contributed by atoms with Gasteiger partial charge in [-0.15, -0.1) is 11.8 Å². The molecule has 132 valence electrons. The predicted molar refractivity (Wildman–Crippen MR) is 94.5 cm³/mol. The third-order valence-electron chi connectivity index (χ3n) is 4.13. The second kappa shape index (κ2) is 9.08. The van der Waals surface area contributed by atoms with Crippen molar-refractivity contribution in [2.75, 3.05) is 26.3 Å². The number of piperidine rings is 1. The number of carboxylic acids is 1. The molecule has 1 amide bonds. The summed E-state index contributed by atoms with van der Waals surface area (Å²) in [6, 6.07) is 7.26. The monoisotopic (exact) mass is 351 g/mol. The van der Waals surface area contributed by atoms with E-state index in [4.69, 9.17) is 9.84 Å². The lowest BCUT2D eigenvalue weighted by Crippen LogP contribution is -2.41. The zero-order chi connectivity index (χ0) is 17.5. The second-order valence-corrected chi connectivity index (χ2v) is 7.40. The summed E-state index contributed by atoms with van der Waals surface area (Å²) < 4.78 is 5.50. The molecule has 0 aliphatic carbocycles. The number of thioether (sulfide) groups is 1. The lowest BCUT2D eigenvalue weighted by atomic mass is 9.98. The van der Waals surface area contributed by atoms with Crippen LogP contribution in [0.4, 0.5) is 0 Å². The highest BCUT2D eigenvalue weighted by atomic mass is 32.2. The van der Waals surface area contributed by atoms with E-state index >= 15 is 0 Å². The van der Waals surface area contributed by atoms with Crippen LogP contribution in [0.1, 0.15) is 37.0 Å². The van der Waals surface area contributed by atoms with Crippen LogP contribution in [0.3, 0.4) is 0 Å². The van der Waals surface area contributed by atoms with Crippen LogP contribution in [0, 0.1) is 5.92 Å². The highest BCUT2D eigenvalue weighted by molar-refractivity contribution is 8.00. The van der Waals surface area contributed by atoms with Gasteiger partial charge in [0.05, 0.1) is 12.2 Å². The summed E-state index contributed by atoms with van der Waals surface area (Å²) >= 11 is 1.21. The minimum absolute atomic E-state index is 0.0168. The summed E-state index contributed by atoms with van der Waals surface area (Å²) in [6.07, 6.45) is 2.06. The molecule has 2 unspecified atom stereocenters. The first-order valence-corrected chi connectivity index (χ1v) is 9.26. The average molecular weight is 351 g/mol. The zero-order valence-corrected chi connectivity index (χ0v) is 15.1. The Hall–Kier alpha value is -1.53. The molecule has 24 heavy (non-hydrogen) atoms. The number of hydrogen-bond donors (Lipinski definition) is 1. The van der Waals surface area contributed by atoms with Gasteiger partial charge in [-0.3, -0.25) is 9.59 Å². The van der Waals surface area contributed by atoms with E-state index in [-0.39, 0.29) is 5.91 Å². The lowest BCUT2D eigenvalue weighted by Gasteiger charge is -2.33. The minimum atomic E-state index is -0.878. The van der Waals surface area contributed by atoms with Gasteiger partial charge in [-0.05, 0) is 44.7 Å². The summed E-state index contributed by atoms with van der Waals surface area (Å²) in [6.45, 7) is 6.43. The number of benzene rings is 1. The van der Waals surface area contributed by atoms with Gasteiger partial charge in [-0.1, -0.05) is 12.1 Å². The molecule has 1 aromatic rings. The number of likely N-dealkylation sites (tertiary alicyclic amines) is 1. The maximum atomic E-state index is 12.9. The summed E-state index contributed by atoms with van der Waals surface area (Å²) in [5.41, 5.74) is 0.590. The SMILES string of the molecule is CCOCC1CCCN(C(=O)c2ccccc2SC(C)C(=O)O)C1. The fourth-order valence-corrected chi connectivity index (χ4v) is 3.75. The Morgan fingerprint density at radius 2 is 2.17 bits per heavy atom. The molecule has 1 fully saturated rings. The molecule has 2 rings (SSSR count). The van der Waals surface area contributed by atoms with Crippen LogP contribution < -0.4 is 0 Å². The van der Waals surface area contributed by atoms with Crippen molar-refractivity contribution < 1.29 is 19.4 Å². The Morgan fingerprint density at radius 3 is 2.88 bits per heavy atom. The van der Waals surface area contributed by atoms with Gasteiger partial charge in [0.15, 0.2) is 0 Å². The Labute approximate surface area is 147 Å². The van der Waals surface area contributed by atoms with Crippen molar-refractivity contribution in [1.29, 1.82) is 0 Å². The summed E-state index contributed by atoms with van der Waals surface area (Å²) in [7, 11) is 0. The van der Waals surface area contributed by atoms with E-state index in [0.29, 0.717) is 31.2 Å². The number of carbonyl (C=O) groups excluding carboxylic acids is 1. The molecule has 0 aromatic heterocycles. The summed E-state index contributed by atoms with van der Waals surface area (Å²) in [5.74, 6) is -0.519. The van der Waals surface area contributed by atoms with Crippen molar-refractivity contribution in [1.82, 2.24) is 4.90 Å². The van der Waals surface area contributed by atoms with E-state index in [1.54, 1.807) is 13.0 Å². The number of nitrogens with zero attached hydrogens (tertiary/aromatic N) is 1. The van der Waals surface area contributed by atoms with E-state index in [9.17, 15) is 9.59 Å². The quantitative estimate of drug-likeness (QED) is 0.765. The van der Waals surface area contributed by atoms with E-state index in [1.165, 1.54) is 11.8 Å². The first kappa shape index (κ1) is 18.8. The minimum Gasteiger partial charge on any atom is -0.480 e. The fourth-order valence-electron chi connectivity index (χ4n) is 2.83. The number of ether oxygens (including phenoxy) is 1. The molecular formula is C18H25NO4S. The molecule has 1 heterocycles. The third-order valence-corrected chi connectivity index (χ3v) is 5.30. The van der Waals surface area contributed by atoms with E-state index in [2.05, 4.69) is 0 Å². The normalized spacial score (nSPS) is 19.1. The molecule has 1 saturated heterocycles. The van der Waals surface area contributed by atoms with Gasteiger partial charge < -0.3 is 14.7 Å². The van der Waals surface area contributed by atoms with Crippen LogP contribution in [0.25, 0.3) is 0 Å². The van der Waals surface area contributed by atoms with E-state index < -0.39 is 11.2 Å². The van der Waals surface area contributed by atoms with Gasteiger partial charge in [0.25, 0.3) is 5.91 Å². The van der Waals surface area contributed by atoms with Crippen LogP contribution in [-0.2, 0) is 9.53 Å². The van der Waals surface area contributed by atoms with Crippen LogP contribution in [0.2, 0.25) is 0 Å². The number of hydrogen-bond acceptors (Lipinski definition) is 4. The molecule has 1 aliphatic heterocycles. The van der Waals surface area contributed by atoms with Crippen molar-refractivity contribution in [3.05, 3.63) is 29.8 Å². The van der Waals surface area contributed by atoms with Crippen molar-refractivity contribution in [3.63, 3.8) is 0 Å². The molecule has 0 spiro atoms. The second-order valence-electron chi connectivity index (χ2n) is 6.01. The zero-order valence-electron chi connectivity index (χ0n) is 14.2. The maximum Gasteiger partial charge on any atom is 0.316 e. The Kier molecular flexibility index (Phi) is 7.12. The van der Waals surface area contributed by atoms with Crippen LogP contribution in [0.15, 0.2) is 29.2 Å². The number of carbonyl (C=O) groups is 2. The lowest BCUT2D eigenvalue weighted by molar-refractivity contribution is -0.136. The largest absolute Gasteiger partial charge is 0.480 e. The van der Waals surface area contributed by atoms with E-state index in [1.807, 2.05) is 30.0 Å². The molecule has 2 atom stereocenters. The average Bonchev–Trinajstić information content (AvgIpc) is 2.60. The highest BCUT2D eigenvalue weighted by Crippen LogP contribution is 2.29. The number of carboxylic acid groups (broad SMARTS) is 1. The van der Waals surface area contributed by atoms with Crippen LogP contribution >= 0.6 is 11.8 Å². The van der Waals surface area contributed by atoms with Crippen LogP contribution in [-0.4, -0.2) is 53.4 Å². The Bertz CT molecular complexity index is 578. The maximum absolute atomic E-state index is 12.9. The molecule has 1 aliphatic rings. The molecule has 6 heteroatoms. The first-order valence-electron chi connectivity index (χ1n) is 8.38. The van der Waals surface area contributed by atoms with Crippen molar-refractivity contribution in [3.8, 4) is 0 Å².